The SMILES string of the molecule is c1ccc(-c2cc(-c3ccccc3)c(-c3cnc4c5cc(Oc6ccc7c8ccccc8n(-c8ccccn8)c7c6)ccc5c5ccccc5n34)c(-c3ccccc3)c2)cc1. The minimum Gasteiger partial charge on any atom is -0.457 e. The predicted octanol–water partition coefficient (Wildman–Crippen LogP) is 14.6. The molecule has 8 aromatic carbocycles. The smallest absolute Gasteiger partial charge is 0.145 e. The highest BCUT2D eigenvalue weighted by molar-refractivity contribution is 6.14. The van der Waals surface area contributed by atoms with Gasteiger partial charge in [-0.05, 0) is 105 Å². The van der Waals surface area contributed by atoms with Crippen LogP contribution in [0.25, 0.3) is 99.6 Å². The molecule has 0 radical (unpaired) electrons. The fourth-order valence-corrected chi connectivity index (χ4v) is 9.15. The van der Waals surface area contributed by atoms with E-state index in [1.165, 1.54) is 10.9 Å². The molecule has 0 saturated carbocycles. The lowest BCUT2D eigenvalue weighted by atomic mass is 9.86. The highest BCUT2D eigenvalue weighted by atomic mass is 16.5. The number of ether oxygens (including phenoxy) is 1. The molecule has 0 aliphatic heterocycles. The van der Waals surface area contributed by atoms with Crippen LogP contribution in [0.15, 0.2) is 219 Å². The maximum Gasteiger partial charge on any atom is 0.145 e. The van der Waals surface area contributed by atoms with Gasteiger partial charge in [0.15, 0.2) is 0 Å². The molecule has 0 bridgehead atoms. The van der Waals surface area contributed by atoms with Gasteiger partial charge in [-0.3, -0.25) is 8.97 Å². The normalized spacial score (nSPS) is 11.6. The van der Waals surface area contributed by atoms with Crippen LogP contribution in [-0.2, 0) is 0 Å². The zero-order valence-corrected chi connectivity index (χ0v) is 33.0. The summed E-state index contributed by atoms with van der Waals surface area (Å²) >= 11 is 0. The van der Waals surface area contributed by atoms with Gasteiger partial charge in [0.2, 0.25) is 0 Å². The van der Waals surface area contributed by atoms with Crippen LogP contribution in [0.1, 0.15) is 0 Å². The lowest BCUT2D eigenvalue weighted by Crippen LogP contribution is -1.98. The summed E-state index contributed by atoms with van der Waals surface area (Å²) in [7, 11) is 0. The number of fused-ring (bicyclic) bond motifs is 9. The number of hydrogen-bond acceptors (Lipinski definition) is 3. The average molecular weight is 781 g/mol. The number of pyridine rings is 2. The summed E-state index contributed by atoms with van der Waals surface area (Å²) in [5.41, 5.74) is 13.1. The topological polar surface area (TPSA) is 44.3 Å². The van der Waals surface area contributed by atoms with Crippen LogP contribution in [0.4, 0.5) is 0 Å². The van der Waals surface area contributed by atoms with E-state index in [1.54, 1.807) is 0 Å². The van der Waals surface area contributed by atoms with Crippen LogP contribution < -0.4 is 4.74 Å². The van der Waals surface area contributed by atoms with Crippen molar-refractivity contribution in [2.24, 2.45) is 0 Å². The molecule has 12 rings (SSSR count). The highest BCUT2D eigenvalue weighted by Crippen LogP contribution is 2.45. The largest absolute Gasteiger partial charge is 0.457 e. The Labute approximate surface area is 352 Å². The molecular formula is C56H36N4O. The van der Waals surface area contributed by atoms with Crippen molar-refractivity contribution in [3.05, 3.63) is 219 Å². The third-order valence-corrected chi connectivity index (χ3v) is 11.9. The number of hydrogen-bond donors (Lipinski definition) is 0. The van der Waals surface area contributed by atoms with Gasteiger partial charge in [0.1, 0.15) is 23.0 Å². The molecule has 4 heterocycles. The molecule has 0 aliphatic rings. The van der Waals surface area contributed by atoms with Gasteiger partial charge >= 0.3 is 0 Å². The number of nitrogens with zero attached hydrogens (tertiary/aromatic N) is 4. The first-order valence-corrected chi connectivity index (χ1v) is 20.6. The molecule has 0 fully saturated rings. The van der Waals surface area contributed by atoms with E-state index in [9.17, 15) is 0 Å². The van der Waals surface area contributed by atoms with E-state index in [2.05, 4.69) is 203 Å². The Morgan fingerprint density at radius 2 is 0.934 bits per heavy atom. The van der Waals surface area contributed by atoms with Crippen molar-refractivity contribution < 1.29 is 4.74 Å². The Kier molecular flexibility index (Phi) is 8.10. The maximum atomic E-state index is 6.77. The summed E-state index contributed by atoms with van der Waals surface area (Å²) in [6.45, 7) is 0. The van der Waals surface area contributed by atoms with Gasteiger partial charge in [-0.1, -0.05) is 133 Å². The summed E-state index contributed by atoms with van der Waals surface area (Å²) in [6.07, 6.45) is 3.89. The fourth-order valence-electron chi connectivity index (χ4n) is 9.15. The van der Waals surface area contributed by atoms with Crippen molar-refractivity contribution in [2.75, 3.05) is 0 Å². The summed E-state index contributed by atoms with van der Waals surface area (Å²) in [4.78, 5) is 10.0. The zero-order chi connectivity index (χ0) is 40.3. The summed E-state index contributed by atoms with van der Waals surface area (Å²) in [5.74, 6) is 2.34. The molecule has 12 aromatic rings. The highest BCUT2D eigenvalue weighted by Gasteiger charge is 2.23. The van der Waals surface area contributed by atoms with Crippen LogP contribution in [0.3, 0.4) is 0 Å². The van der Waals surface area contributed by atoms with Gasteiger partial charge < -0.3 is 4.74 Å². The Hall–Kier alpha value is -8.28. The zero-order valence-electron chi connectivity index (χ0n) is 33.0. The molecule has 61 heavy (non-hydrogen) atoms. The first-order valence-electron chi connectivity index (χ1n) is 20.6. The summed E-state index contributed by atoms with van der Waals surface area (Å²) in [6, 6.07) is 72.6. The van der Waals surface area contributed by atoms with Gasteiger partial charge in [-0.2, -0.15) is 0 Å². The molecule has 0 unspecified atom stereocenters. The third kappa shape index (κ3) is 5.78. The summed E-state index contributed by atoms with van der Waals surface area (Å²) < 4.78 is 11.3. The first kappa shape index (κ1) is 34.7. The lowest BCUT2D eigenvalue weighted by Gasteiger charge is -2.20. The first-order chi connectivity index (χ1) is 30.3. The average Bonchev–Trinajstić information content (AvgIpc) is 3.92. The molecule has 0 N–H and O–H groups in total. The monoisotopic (exact) mass is 780 g/mol. The molecule has 0 amide bonds. The van der Waals surface area contributed by atoms with Crippen LogP contribution in [0, 0.1) is 0 Å². The number of para-hydroxylation sites is 2. The van der Waals surface area contributed by atoms with E-state index in [-0.39, 0.29) is 0 Å². The number of benzene rings is 8. The second-order valence-corrected chi connectivity index (χ2v) is 15.4. The molecule has 5 heteroatoms. The second-order valence-electron chi connectivity index (χ2n) is 15.4. The van der Waals surface area contributed by atoms with Crippen LogP contribution in [0.5, 0.6) is 11.5 Å². The Morgan fingerprint density at radius 1 is 0.377 bits per heavy atom. The maximum absolute atomic E-state index is 6.77. The minimum atomic E-state index is 0.733. The van der Waals surface area contributed by atoms with Gasteiger partial charge in [0, 0.05) is 39.4 Å². The van der Waals surface area contributed by atoms with E-state index in [0.29, 0.717) is 0 Å². The van der Waals surface area contributed by atoms with Crippen LogP contribution in [-0.4, -0.2) is 18.9 Å². The molecule has 0 saturated heterocycles. The van der Waals surface area contributed by atoms with Gasteiger partial charge in [-0.15, -0.1) is 0 Å². The number of aromatic nitrogens is 4. The predicted molar refractivity (Wildman–Crippen MR) is 251 cm³/mol. The van der Waals surface area contributed by atoms with Crippen LogP contribution in [0.2, 0.25) is 0 Å². The lowest BCUT2D eigenvalue weighted by molar-refractivity contribution is 0.484. The van der Waals surface area contributed by atoms with Gasteiger partial charge in [0.05, 0.1) is 28.4 Å². The Morgan fingerprint density at radius 3 is 1.61 bits per heavy atom. The second kappa shape index (κ2) is 14.2. The van der Waals surface area contributed by atoms with Gasteiger partial charge in [0.25, 0.3) is 0 Å². The van der Waals surface area contributed by atoms with E-state index < -0.39 is 0 Å². The van der Waals surface area contributed by atoms with E-state index in [1.807, 2.05) is 24.4 Å². The van der Waals surface area contributed by atoms with E-state index in [4.69, 9.17) is 14.7 Å². The molecule has 0 spiro atoms. The molecule has 5 nitrogen and oxygen atoms in total. The molecule has 0 aliphatic carbocycles. The van der Waals surface area contributed by atoms with Crippen molar-refractivity contribution in [3.8, 4) is 62.0 Å². The van der Waals surface area contributed by atoms with Crippen molar-refractivity contribution in [3.63, 3.8) is 0 Å². The number of rotatable bonds is 7. The summed E-state index contributed by atoms with van der Waals surface area (Å²) in [5, 5.41) is 5.58. The van der Waals surface area contributed by atoms with Crippen molar-refractivity contribution in [1.29, 1.82) is 0 Å². The minimum absolute atomic E-state index is 0.733. The van der Waals surface area contributed by atoms with Gasteiger partial charge in [-0.25, -0.2) is 9.97 Å². The van der Waals surface area contributed by atoms with Crippen molar-refractivity contribution >= 4 is 49.1 Å². The number of imidazole rings is 1. The third-order valence-electron chi connectivity index (χ3n) is 11.9. The van der Waals surface area contributed by atoms with E-state index in [0.717, 1.165) is 100 Å². The fraction of sp³-hybridized carbons (Fsp3) is 0. The van der Waals surface area contributed by atoms with Crippen LogP contribution >= 0.6 is 0 Å². The standard InChI is InChI=1S/C56H36N4O/c1-4-16-37(17-5-1)40-32-47(38-18-6-2-7-19-38)55(48(33-40)39-20-8-3-9-21-39)53-36-58-56-49-34-41(27-29-43(49)44-22-10-13-25-51(44)60(53)56)61-42-28-30-46-45-23-11-12-24-50(45)59(52(46)35-42)54-26-14-15-31-57-54/h1-36H. The molecular weight excluding hydrogens is 745 g/mol. The van der Waals surface area contributed by atoms with E-state index >= 15 is 0 Å². The molecule has 4 aromatic heterocycles. The Balaban J connectivity index is 1.07. The molecule has 0 atom stereocenters. The molecule has 286 valence electrons. The van der Waals surface area contributed by atoms with Crippen molar-refractivity contribution in [2.45, 2.75) is 0 Å². The Bertz CT molecular complexity index is 3530. The quantitative estimate of drug-likeness (QED) is 0.151. The van der Waals surface area contributed by atoms with Crippen molar-refractivity contribution in [1.82, 2.24) is 18.9 Å².